The predicted octanol–water partition coefficient (Wildman–Crippen LogP) is 1.46. The first-order valence-electron chi connectivity index (χ1n) is 5.90. The van der Waals surface area contributed by atoms with Gasteiger partial charge in [-0.1, -0.05) is 6.92 Å². The average molecular weight is 203 g/mol. The van der Waals surface area contributed by atoms with Gasteiger partial charge in [-0.3, -0.25) is 9.97 Å². The van der Waals surface area contributed by atoms with E-state index in [9.17, 15) is 0 Å². The minimum absolute atomic E-state index is 0.655. The normalized spacial score (nSPS) is 33.5. The van der Waals surface area contributed by atoms with Crippen molar-refractivity contribution in [1.29, 1.82) is 0 Å². The van der Waals surface area contributed by atoms with Crippen LogP contribution < -0.4 is 0 Å². The predicted molar refractivity (Wildman–Crippen MR) is 58.7 cm³/mol. The number of hydrogen-bond acceptors (Lipinski definition) is 3. The summed E-state index contributed by atoms with van der Waals surface area (Å²) in [5, 5.41) is 0. The van der Waals surface area contributed by atoms with Crippen LogP contribution >= 0.6 is 0 Å². The minimum atomic E-state index is 0.655. The fourth-order valence-electron chi connectivity index (χ4n) is 3.05. The highest BCUT2D eigenvalue weighted by atomic mass is 15.2. The van der Waals surface area contributed by atoms with Gasteiger partial charge in [0.25, 0.3) is 0 Å². The Morgan fingerprint density at radius 1 is 1.33 bits per heavy atom. The average Bonchev–Trinajstić information content (AvgIpc) is 2.90. The van der Waals surface area contributed by atoms with Crippen molar-refractivity contribution < 1.29 is 0 Å². The van der Waals surface area contributed by atoms with Crippen molar-refractivity contribution in [1.82, 2.24) is 14.9 Å². The summed E-state index contributed by atoms with van der Waals surface area (Å²) >= 11 is 0. The quantitative estimate of drug-likeness (QED) is 0.728. The van der Waals surface area contributed by atoms with Gasteiger partial charge in [-0.2, -0.15) is 0 Å². The van der Waals surface area contributed by atoms with E-state index in [1.54, 1.807) is 0 Å². The molecule has 0 spiro atoms. The molecule has 3 nitrogen and oxygen atoms in total. The molecular formula is C12H17N3. The lowest BCUT2D eigenvalue weighted by Crippen LogP contribution is -2.23. The number of piperidine rings is 1. The summed E-state index contributed by atoms with van der Waals surface area (Å²) in [7, 11) is 0. The van der Waals surface area contributed by atoms with Gasteiger partial charge < -0.3 is 4.90 Å². The van der Waals surface area contributed by atoms with Crippen LogP contribution in [0.3, 0.4) is 0 Å². The molecule has 2 aliphatic heterocycles. The van der Waals surface area contributed by atoms with Crippen LogP contribution in [-0.4, -0.2) is 34.5 Å². The van der Waals surface area contributed by atoms with E-state index in [1.165, 1.54) is 37.4 Å². The lowest BCUT2D eigenvalue weighted by molar-refractivity contribution is 0.342. The van der Waals surface area contributed by atoms with Gasteiger partial charge >= 0.3 is 0 Å². The van der Waals surface area contributed by atoms with Crippen molar-refractivity contribution in [3.8, 4) is 0 Å². The van der Waals surface area contributed by atoms with Crippen molar-refractivity contribution in [3.63, 3.8) is 0 Å². The van der Waals surface area contributed by atoms with E-state index in [2.05, 4.69) is 21.8 Å². The maximum Gasteiger partial charge on any atom is 0.0665 e. The van der Waals surface area contributed by atoms with Gasteiger partial charge in [0.1, 0.15) is 0 Å². The Morgan fingerprint density at radius 3 is 2.87 bits per heavy atom. The summed E-state index contributed by atoms with van der Waals surface area (Å²) < 4.78 is 0. The van der Waals surface area contributed by atoms with Crippen molar-refractivity contribution in [2.75, 3.05) is 19.6 Å². The Bertz CT molecular complexity index is 364. The third-order valence-electron chi connectivity index (χ3n) is 3.83. The number of nitrogens with zero attached hydrogens (tertiary/aromatic N) is 3. The molecule has 1 aromatic heterocycles. The van der Waals surface area contributed by atoms with Crippen LogP contribution in [0.5, 0.6) is 0 Å². The number of fused-ring (bicyclic) bond motifs is 2. The summed E-state index contributed by atoms with van der Waals surface area (Å²) in [5.74, 6) is 1.49. The van der Waals surface area contributed by atoms with Crippen molar-refractivity contribution >= 4 is 0 Å². The molecule has 15 heavy (non-hydrogen) atoms. The second-order valence-electron chi connectivity index (χ2n) is 4.66. The van der Waals surface area contributed by atoms with Crippen molar-refractivity contribution in [2.45, 2.75) is 25.7 Å². The van der Waals surface area contributed by atoms with Crippen molar-refractivity contribution in [3.05, 3.63) is 23.8 Å². The van der Waals surface area contributed by atoms with Gasteiger partial charge in [0.05, 0.1) is 11.4 Å². The van der Waals surface area contributed by atoms with Gasteiger partial charge in [-0.15, -0.1) is 0 Å². The summed E-state index contributed by atoms with van der Waals surface area (Å²) in [4.78, 5) is 11.6. The van der Waals surface area contributed by atoms with Crippen LogP contribution in [0.1, 0.15) is 30.7 Å². The number of aryl methyl sites for hydroxylation is 1. The Morgan fingerprint density at radius 2 is 2.20 bits per heavy atom. The van der Waals surface area contributed by atoms with Crippen LogP contribution in [-0.2, 0) is 6.42 Å². The van der Waals surface area contributed by atoms with Gasteiger partial charge in [-0.05, 0) is 25.3 Å². The molecule has 3 heterocycles. The molecule has 2 bridgehead atoms. The molecule has 0 N–H and O–H groups in total. The molecule has 0 amide bonds. The Balaban J connectivity index is 1.92. The third kappa shape index (κ3) is 1.46. The second kappa shape index (κ2) is 3.56. The van der Waals surface area contributed by atoms with Gasteiger partial charge in [0.2, 0.25) is 0 Å². The Hall–Kier alpha value is -0.960. The third-order valence-corrected chi connectivity index (χ3v) is 3.83. The molecular weight excluding hydrogens is 186 g/mol. The smallest absolute Gasteiger partial charge is 0.0665 e. The summed E-state index contributed by atoms with van der Waals surface area (Å²) in [6.07, 6.45) is 6.02. The minimum Gasteiger partial charge on any atom is -0.302 e. The van der Waals surface area contributed by atoms with Crippen LogP contribution in [0, 0.1) is 5.92 Å². The first-order chi connectivity index (χ1) is 7.38. The lowest BCUT2D eigenvalue weighted by atomic mass is 9.88. The Kier molecular flexibility index (Phi) is 2.20. The molecule has 80 valence electrons. The van der Waals surface area contributed by atoms with E-state index < -0.39 is 0 Å². The topological polar surface area (TPSA) is 29.0 Å². The van der Waals surface area contributed by atoms with Crippen molar-refractivity contribution in [2.24, 2.45) is 5.92 Å². The van der Waals surface area contributed by atoms with Crippen LogP contribution in [0.4, 0.5) is 0 Å². The zero-order valence-corrected chi connectivity index (χ0v) is 9.19. The molecule has 3 heteroatoms. The van der Waals surface area contributed by atoms with E-state index in [4.69, 9.17) is 0 Å². The fourth-order valence-corrected chi connectivity index (χ4v) is 3.05. The largest absolute Gasteiger partial charge is 0.302 e. The van der Waals surface area contributed by atoms with Gasteiger partial charge in [0, 0.05) is 31.4 Å². The fraction of sp³-hybridized carbons (Fsp3) is 0.667. The molecule has 3 atom stereocenters. The highest BCUT2D eigenvalue weighted by Gasteiger charge is 2.40. The molecule has 1 aromatic rings. The SMILES string of the molecule is CCc1nccnc1[C@@H]1CN2CCC1C2. The summed E-state index contributed by atoms with van der Waals surface area (Å²) in [6, 6.07) is 0. The molecule has 2 aliphatic rings. The van der Waals surface area contributed by atoms with Crippen LogP contribution in [0.2, 0.25) is 0 Å². The molecule has 0 saturated carbocycles. The van der Waals surface area contributed by atoms with Crippen LogP contribution in [0.15, 0.2) is 12.4 Å². The van der Waals surface area contributed by atoms with E-state index in [-0.39, 0.29) is 0 Å². The monoisotopic (exact) mass is 203 g/mol. The summed E-state index contributed by atoms with van der Waals surface area (Å²) in [5.41, 5.74) is 2.48. The molecule has 2 saturated heterocycles. The van der Waals surface area contributed by atoms with E-state index in [0.717, 1.165) is 12.3 Å². The number of aromatic nitrogens is 2. The highest BCUT2D eigenvalue weighted by molar-refractivity contribution is 5.20. The summed E-state index contributed by atoms with van der Waals surface area (Å²) in [6.45, 7) is 5.95. The molecule has 3 rings (SSSR count). The zero-order valence-electron chi connectivity index (χ0n) is 9.19. The number of rotatable bonds is 2. The maximum absolute atomic E-state index is 4.56. The zero-order chi connectivity index (χ0) is 10.3. The van der Waals surface area contributed by atoms with Gasteiger partial charge in [0.15, 0.2) is 0 Å². The maximum atomic E-state index is 4.56. The van der Waals surface area contributed by atoms with E-state index in [1.807, 2.05) is 12.4 Å². The lowest BCUT2D eigenvalue weighted by Gasteiger charge is -2.22. The van der Waals surface area contributed by atoms with Crippen LogP contribution in [0.25, 0.3) is 0 Å². The first kappa shape index (κ1) is 9.28. The van der Waals surface area contributed by atoms with E-state index >= 15 is 0 Å². The molecule has 0 aromatic carbocycles. The standard InChI is InChI=1S/C12H17N3/c1-2-11-12(14-5-4-13-11)10-8-15-6-3-9(10)7-15/h4-5,9-10H,2-3,6-8H2,1H3/t9?,10-/m1/s1. The second-order valence-corrected chi connectivity index (χ2v) is 4.66. The molecule has 2 fully saturated rings. The van der Waals surface area contributed by atoms with E-state index in [0.29, 0.717) is 5.92 Å². The Labute approximate surface area is 90.5 Å². The molecule has 0 aliphatic carbocycles. The molecule has 2 unspecified atom stereocenters. The first-order valence-corrected chi connectivity index (χ1v) is 5.90. The number of hydrogen-bond donors (Lipinski definition) is 0. The molecule has 0 radical (unpaired) electrons. The van der Waals surface area contributed by atoms with Gasteiger partial charge in [-0.25, -0.2) is 0 Å². The highest BCUT2D eigenvalue weighted by Crippen LogP contribution is 2.39.